The first-order valence-electron chi connectivity index (χ1n) is 5.99. The van der Waals surface area contributed by atoms with E-state index in [1.54, 1.807) is 18.3 Å². The van der Waals surface area contributed by atoms with Crippen LogP contribution in [0.1, 0.15) is 26.7 Å². The minimum Gasteiger partial charge on any atom is -0.318 e. The lowest BCUT2D eigenvalue weighted by Crippen LogP contribution is -2.48. The van der Waals surface area contributed by atoms with Crippen LogP contribution in [0.3, 0.4) is 0 Å². The number of carbonyl (C=O) groups excluding carboxylic acids is 1. The molecule has 1 unspecified atom stereocenters. The van der Waals surface area contributed by atoms with Gasteiger partial charge in [0.15, 0.2) is 0 Å². The van der Waals surface area contributed by atoms with Gasteiger partial charge in [-0.15, -0.1) is 10.2 Å². The number of nitrogens with two attached hydrogens (primary N) is 1. The summed E-state index contributed by atoms with van der Waals surface area (Å²) < 4.78 is 0. The number of amides is 1. The SMILES string of the molecule is CCCC(C)(N)C(=O)Nc1nnc(-c2ccsc2)s1. The molecule has 2 rings (SSSR count). The van der Waals surface area contributed by atoms with Crippen molar-refractivity contribution in [1.29, 1.82) is 0 Å². The van der Waals surface area contributed by atoms with Gasteiger partial charge in [0, 0.05) is 10.9 Å². The van der Waals surface area contributed by atoms with Gasteiger partial charge in [-0.2, -0.15) is 11.3 Å². The molecular weight excluding hydrogens is 280 g/mol. The zero-order chi connectivity index (χ0) is 13.9. The molecule has 2 aromatic heterocycles. The topological polar surface area (TPSA) is 80.9 Å². The fourth-order valence-corrected chi connectivity index (χ4v) is 3.10. The third kappa shape index (κ3) is 3.37. The summed E-state index contributed by atoms with van der Waals surface area (Å²) in [6.45, 7) is 3.73. The first kappa shape index (κ1) is 14.1. The Kier molecular flexibility index (Phi) is 4.28. The van der Waals surface area contributed by atoms with Crippen molar-refractivity contribution >= 4 is 33.7 Å². The Labute approximate surface area is 119 Å². The first-order valence-corrected chi connectivity index (χ1v) is 7.75. The Bertz CT molecular complexity index is 548. The second kappa shape index (κ2) is 5.77. The summed E-state index contributed by atoms with van der Waals surface area (Å²) in [6, 6.07) is 1.97. The lowest BCUT2D eigenvalue weighted by molar-refractivity contribution is -0.120. The summed E-state index contributed by atoms with van der Waals surface area (Å²) in [6.07, 6.45) is 1.49. The van der Waals surface area contributed by atoms with Crippen LogP contribution in [0.4, 0.5) is 5.13 Å². The van der Waals surface area contributed by atoms with E-state index in [1.165, 1.54) is 11.3 Å². The molecule has 0 aliphatic heterocycles. The molecule has 0 aromatic carbocycles. The maximum absolute atomic E-state index is 12.0. The van der Waals surface area contributed by atoms with E-state index in [2.05, 4.69) is 15.5 Å². The smallest absolute Gasteiger partial charge is 0.245 e. The maximum atomic E-state index is 12.0. The van der Waals surface area contributed by atoms with Crippen LogP contribution in [-0.2, 0) is 4.79 Å². The number of anilines is 1. The van der Waals surface area contributed by atoms with Crippen molar-refractivity contribution in [2.45, 2.75) is 32.2 Å². The highest BCUT2D eigenvalue weighted by Crippen LogP contribution is 2.28. The van der Waals surface area contributed by atoms with Crippen molar-refractivity contribution < 1.29 is 4.79 Å². The predicted octanol–water partition coefficient (Wildman–Crippen LogP) is 2.72. The van der Waals surface area contributed by atoms with E-state index in [9.17, 15) is 4.79 Å². The Morgan fingerprint density at radius 1 is 1.53 bits per heavy atom. The second-order valence-electron chi connectivity index (χ2n) is 4.55. The summed E-state index contributed by atoms with van der Waals surface area (Å²) >= 11 is 2.95. The van der Waals surface area contributed by atoms with Gasteiger partial charge >= 0.3 is 0 Å². The number of thiophene rings is 1. The molecule has 0 aliphatic rings. The maximum Gasteiger partial charge on any atom is 0.245 e. The summed E-state index contributed by atoms with van der Waals surface area (Å²) in [4.78, 5) is 12.0. The van der Waals surface area contributed by atoms with Crippen molar-refractivity contribution in [3.05, 3.63) is 16.8 Å². The third-order valence-electron chi connectivity index (χ3n) is 2.70. The van der Waals surface area contributed by atoms with E-state index >= 15 is 0 Å². The molecule has 0 bridgehead atoms. The van der Waals surface area contributed by atoms with Crippen molar-refractivity contribution in [2.75, 3.05) is 5.32 Å². The third-order valence-corrected chi connectivity index (χ3v) is 4.27. The zero-order valence-electron chi connectivity index (χ0n) is 10.8. The van der Waals surface area contributed by atoms with Gasteiger partial charge in [-0.05, 0) is 24.8 Å². The van der Waals surface area contributed by atoms with Gasteiger partial charge in [0.2, 0.25) is 11.0 Å². The average Bonchev–Trinajstić information content (AvgIpc) is 2.97. The van der Waals surface area contributed by atoms with Gasteiger partial charge in [-0.3, -0.25) is 10.1 Å². The molecule has 0 spiro atoms. The van der Waals surface area contributed by atoms with Crippen LogP contribution >= 0.6 is 22.7 Å². The fourth-order valence-electron chi connectivity index (χ4n) is 1.65. The normalized spacial score (nSPS) is 14.1. The average molecular weight is 296 g/mol. The van der Waals surface area contributed by atoms with E-state index in [1.807, 2.05) is 23.8 Å². The highest BCUT2D eigenvalue weighted by molar-refractivity contribution is 7.19. The fraction of sp³-hybridized carbons (Fsp3) is 0.417. The van der Waals surface area contributed by atoms with Crippen LogP contribution in [0.15, 0.2) is 16.8 Å². The predicted molar refractivity (Wildman–Crippen MR) is 79.4 cm³/mol. The highest BCUT2D eigenvalue weighted by Gasteiger charge is 2.28. The molecule has 0 aliphatic carbocycles. The second-order valence-corrected chi connectivity index (χ2v) is 6.30. The number of rotatable bonds is 5. The van der Waals surface area contributed by atoms with Crippen LogP contribution in [0.2, 0.25) is 0 Å². The lowest BCUT2D eigenvalue weighted by Gasteiger charge is -2.21. The first-order chi connectivity index (χ1) is 9.03. The molecule has 3 N–H and O–H groups in total. The highest BCUT2D eigenvalue weighted by atomic mass is 32.1. The number of aromatic nitrogens is 2. The van der Waals surface area contributed by atoms with Gasteiger partial charge in [0.25, 0.3) is 0 Å². The molecule has 19 heavy (non-hydrogen) atoms. The Balaban J connectivity index is 2.06. The molecule has 1 atom stereocenters. The number of hydrogen-bond acceptors (Lipinski definition) is 6. The molecule has 1 amide bonds. The molecule has 0 radical (unpaired) electrons. The summed E-state index contributed by atoms with van der Waals surface area (Å²) in [7, 11) is 0. The van der Waals surface area contributed by atoms with Crippen LogP contribution in [0.25, 0.3) is 10.6 Å². The minimum atomic E-state index is -0.872. The van der Waals surface area contributed by atoms with Gasteiger partial charge < -0.3 is 5.73 Å². The minimum absolute atomic E-state index is 0.220. The Hall–Kier alpha value is -1.31. The quantitative estimate of drug-likeness (QED) is 0.889. The molecule has 102 valence electrons. The molecular formula is C12H16N4OS2. The Morgan fingerprint density at radius 2 is 2.32 bits per heavy atom. The van der Waals surface area contributed by atoms with Crippen LogP contribution in [-0.4, -0.2) is 21.6 Å². The molecule has 2 aromatic rings. The number of hydrogen-bond donors (Lipinski definition) is 2. The standard InChI is InChI=1S/C12H16N4OS2/c1-3-5-12(2,13)10(17)14-11-16-15-9(19-11)8-4-6-18-7-8/h4,6-7H,3,5,13H2,1-2H3,(H,14,16,17). The Morgan fingerprint density at radius 3 is 2.95 bits per heavy atom. The number of nitrogens with one attached hydrogen (secondary N) is 1. The van der Waals surface area contributed by atoms with Crippen molar-refractivity contribution in [3.8, 4) is 10.6 Å². The van der Waals surface area contributed by atoms with Crippen molar-refractivity contribution in [2.24, 2.45) is 5.73 Å². The lowest BCUT2D eigenvalue weighted by atomic mass is 9.97. The van der Waals surface area contributed by atoms with E-state index in [-0.39, 0.29) is 5.91 Å². The van der Waals surface area contributed by atoms with E-state index < -0.39 is 5.54 Å². The molecule has 0 fully saturated rings. The van der Waals surface area contributed by atoms with E-state index in [0.717, 1.165) is 17.0 Å². The summed E-state index contributed by atoms with van der Waals surface area (Å²) in [5, 5.41) is 16.0. The van der Waals surface area contributed by atoms with Crippen LogP contribution in [0, 0.1) is 0 Å². The largest absolute Gasteiger partial charge is 0.318 e. The van der Waals surface area contributed by atoms with Crippen LogP contribution < -0.4 is 11.1 Å². The monoisotopic (exact) mass is 296 g/mol. The van der Waals surface area contributed by atoms with Gasteiger partial charge in [0.05, 0.1) is 5.54 Å². The molecule has 2 heterocycles. The van der Waals surface area contributed by atoms with E-state index in [4.69, 9.17) is 5.73 Å². The van der Waals surface area contributed by atoms with E-state index in [0.29, 0.717) is 11.6 Å². The number of carbonyl (C=O) groups is 1. The van der Waals surface area contributed by atoms with Gasteiger partial charge in [0.1, 0.15) is 5.01 Å². The van der Waals surface area contributed by atoms with Gasteiger partial charge in [-0.1, -0.05) is 24.7 Å². The molecule has 0 saturated heterocycles. The summed E-state index contributed by atoms with van der Waals surface area (Å²) in [5.41, 5.74) is 6.11. The molecule has 5 nitrogen and oxygen atoms in total. The summed E-state index contributed by atoms with van der Waals surface area (Å²) in [5.74, 6) is -0.220. The van der Waals surface area contributed by atoms with Crippen molar-refractivity contribution in [1.82, 2.24) is 10.2 Å². The van der Waals surface area contributed by atoms with Crippen molar-refractivity contribution in [3.63, 3.8) is 0 Å². The molecule has 7 heteroatoms. The molecule has 0 saturated carbocycles. The number of nitrogens with zero attached hydrogens (tertiary/aromatic N) is 2. The van der Waals surface area contributed by atoms with Gasteiger partial charge in [-0.25, -0.2) is 0 Å². The zero-order valence-corrected chi connectivity index (χ0v) is 12.5. The van der Waals surface area contributed by atoms with Crippen LogP contribution in [0.5, 0.6) is 0 Å².